The lowest BCUT2D eigenvalue weighted by Gasteiger charge is -2.16. The van der Waals surface area contributed by atoms with Gasteiger partial charge >= 0.3 is 6.18 Å². The lowest BCUT2D eigenvalue weighted by atomic mass is 10.1. The van der Waals surface area contributed by atoms with Gasteiger partial charge in [-0.3, -0.25) is 4.79 Å². The van der Waals surface area contributed by atoms with Crippen molar-refractivity contribution < 1.29 is 18.0 Å². The Labute approximate surface area is 146 Å². The molecule has 1 N–H and O–H groups in total. The molecule has 0 atom stereocenters. The normalized spacial score (nSPS) is 14.6. The molecule has 2 heterocycles. The van der Waals surface area contributed by atoms with E-state index < -0.39 is 17.6 Å². The fraction of sp³-hybridized carbons (Fsp3) is 0.312. The van der Waals surface area contributed by atoms with Crippen molar-refractivity contribution in [3.8, 4) is 0 Å². The van der Waals surface area contributed by atoms with Crippen molar-refractivity contribution >= 4 is 29.0 Å². The van der Waals surface area contributed by atoms with Gasteiger partial charge < -0.3 is 10.2 Å². The average molecular weight is 371 g/mol. The van der Waals surface area contributed by atoms with E-state index in [0.29, 0.717) is 5.82 Å². The first-order valence-corrected chi connectivity index (χ1v) is 7.97. The second-order valence-corrected chi connectivity index (χ2v) is 6.03. The molecule has 1 fully saturated rings. The SMILES string of the molecule is O=C(Nc1ccc(Cl)cc1C(F)(F)F)c1cnc(N2CCCC2)cn1. The lowest BCUT2D eigenvalue weighted by molar-refractivity contribution is -0.136. The molecule has 5 nitrogen and oxygen atoms in total. The molecule has 1 aliphatic heterocycles. The second-order valence-electron chi connectivity index (χ2n) is 5.60. The van der Waals surface area contributed by atoms with E-state index in [0.717, 1.165) is 38.1 Å². The molecule has 2 aromatic rings. The van der Waals surface area contributed by atoms with Gasteiger partial charge in [0.1, 0.15) is 11.5 Å². The number of halogens is 4. The first kappa shape index (κ1) is 17.5. The highest BCUT2D eigenvalue weighted by Crippen LogP contribution is 2.36. The van der Waals surface area contributed by atoms with Crippen molar-refractivity contribution in [1.29, 1.82) is 0 Å². The first-order chi connectivity index (χ1) is 11.8. The number of nitrogens with zero attached hydrogens (tertiary/aromatic N) is 3. The van der Waals surface area contributed by atoms with E-state index in [1.807, 2.05) is 4.90 Å². The van der Waals surface area contributed by atoms with Crippen LogP contribution in [-0.4, -0.2) is 29.0 Å². The van der Waals surface area contributed by atoms with E-state index in [9.17, 15) is 18.0 Å². The van der Waals surface area contributed by atoms with Gasteiger partial charge in [-0.05, 0) is 31.0 Å². The summed E-state index contributed by atoms with van der Waals surface area (Å²) in [6.07, 6.45) is 0.207. The quantitative estimate of drug-likeness (QED) is 0.887. The van der Waals surface area contributed by atoms with E-state index in [1.165, 1.54) is 18.5 Å². The van der Waals surface area contributed by atoms with Crippen LogP contribution in [0.5, 0.6) is 0 Å². The van der Waals surface area contributed by atoms with Crippen molar-refractivity contribution in [3.05, 3.63) is 46.9 Å². The second kappa shape index (κ2) is 6.87. The van der Waals surface area contributed by atoms with Crippen molar-refractivity contribution in [3.63, 3.8) is 0 Å². The van der Waals surface area contributed by atoms with Crippen molar-refractivity contribution in [2.75, 3.05) is 23.3 Å². The third kappa shape index (κ3) is 4.01. The molecule has 0 spiro atoms. The standard InChI is InChI=1S/C16H14ClF3N4O/c17-10-3-4-12(11(7-10)16(18,19)20)23-15(25)13-8-22-14(9-21-13)24-5-1-2-6-24/h3-4,7-9H,1-2,5-6H2,(H,23,25). The Kier molecular flexibility index (Phi) is 4.80. The van der Waals surface area contributed by atoms with Gasteiger partial charge in [0.2, 0.25) is 0 Å². The molecular formula is C16H14ClF3N4O. The summed E-state index contributed by atoms with van der Waals surface area (Å²) in [6, 6.07) is 3.14. The van der Waals surface area contributed by atoms with Gasteiger partial charge in [-0.1, -0.05) is 11.6 Å². The lowest BCUT2D eigenvalue weighted by Crippen LogP contribution is -2.21. The number of aromatic nitrogens is 2. The van der Waals surface area contributed by atoms with E-state index in [2.05, 4.69) is 15.3 Å². The summed E-state index contributed by atoms with van der Waals surface area (Å²) in [5.74, 6) is -0.121. The van der Waals surface area contributed by atoms with Crippen LogP contribution < -0.4 is 10.2 Å². The maximum Gasteiger partial charge on any atom is 0.418 e. The van der Waals surface area contributed by atoms with E-state index in [-0.39, 0.29) is 16.4 Å². The molecule has 1 saturated heterocycles. The molecule has 0 unspecified atom stereocenters. The molecule has 0 radical (unpaired) electrons. The smallest absolute Gasteiger partial charge is 0.355 e. The number of amides is 1. The maximum absolute atomic E-state index is 13.1. The largest absolute Gasteiger partial charge is 0.418 e. The van der Waals surface area contributed by atoms with E-state index in [1.54, 1.807) is 0 Å². The van der Waals surface area contributed by atoms with Crippen molar-refractivity contribution in [1.82, 2.24) is 9.97 Å². The molecule has 25 heavy (non-hydrogen) atoms. The van der Waals surface area contributed by atoms with Gasteiger partial charge in [-0.15, -0.1) is 0 Å². The fourth-order valence-corrected chi connectivity index (χ4v) is 2.77. The van der Waals surface area contributed by atoms with Crippen LogP contribution in [0.2, 0.25) is 5.02 Å². The van der Waals surface area contributed by atoms with Crippen LogP contribution in [0, 0.1) is 0 Å². The minimum absolute atomic E-state index is 0.0639. The predicted octanol–water partition coefficient (Wildman–Crippen LogP) is 4.00. The molecule has 0 aliphatic carbocycles. The molecule has 9 heteroatoms. The van der Waals surface area contributed by atoms with E-state index in [4.69, 9.17) is 11.6 Å². The summed E-state index contributed by atoms with van der Waals surface area (Å²) < 4.78 is 39.2. The summed E-state index contributed by atoms with van der Waals surface area (Å²) in [7, 11) is 0. The molecule has 1 aromatic heterocycles. The fourth-order valence-electron chi connectivity index (χ4n) is 2.59. The number of hydrogen-bond donors (Lipinski definition) is 1. The number of hydrogen-bond acceptors (Lipinski definition) is 4. The zero-order valence-corrected chi connectivity index (χ0v) is 13.7. The Morgan fingerprint density at radius 1 is 1.16 bits per heavy atom. The molecule has 1 aromatic carbocycles. The zero-order chi connectivity index (χ0) is 18.0. The van der Waals surface area contributed by atoms with Crippen LogP contribution in [0.15, 0.2) is 30.6 Å². The average Bonchev–Trinajstić information content (AvgIpc) is 3.10. The van der Waals surface area contributed by atoms with Gasteiger partial charge in [-0.2, -0.15) is 13.2 Å². The monoisotopic (exact) mass is 370 g/mol. The van der Waals surface area contributed by atoms with Crippen LogP contribution in [0.25, 0.3) is 0 Å². The van der Waals surface area contributed by atoms with Gasteiger partial charge in [0, 0.05) is 18.1 Å². The Morgan fingerprint density at radius 3 is 2.48 bits per heavy atom. The Hall–Kier alpha value is -2.35. The number of carbonyl (C=O) groups is 1. The predicted molar refractivity (Wildman–Crippen MR) is 87.9 cm³/mol. The third-order valence-electron chi connectivity index (χ3n) is 3.84. The first-order valence-electron chi connectivity index (χ1n) is 7.60. The minimum Gasteiger partial charge on any atom is -0.355 e. The minimum atomic E-state index is -4.64. The highest BCUT2D eigenvalue weighted by atomic mass is 35.5. The summed E-state index contributed by atoms with van der Waals surface area (Å²) in [4.78, 5) is 22.4. The van der Waals surface area contributed by atoms with E-state index >= 15 is 0 Å². The van der Waals surface area contributed by atoms with Crippen LogP contribution in [0.4, 0.5) is 24.7 Å². The van der Waals surface area contributed by atoms with Gasteiger partial charge in [0.15, 0.2) is 0 Å². The number of carbonyl (C=O) groups excluding carboxylic acids is 1. The molecule has 1 amide bonds. The highest BCUT2D eigenvalue weighted by Gasteiger charge is 2.34. The Morgan fingerprint density at radius 2 is 1.88 bits per heavy atom. The molecular weight excluding hydrogens is 357 g/mol. The van der Waals surface area contributed by atoms with Crippen LogP contribution in [-0.2, 0) is 6.18 Å². The zero-order valence-electron chi connectivity index (χ0n) is 13.0. The van der Waals surface area contributed by atoms with Crippen molar-refractivity contribution in [2.24, 2.45) is 0 Å². The summed E-state index contributed by atoms with van der Waals surface area (Å²) in [5, 5.41) is 2.15. The topological polar surface area (TPSA) is 58.1 Å². The summed E-state index contributed by atoms with van der Waals surface area (Å²) in [6.45, 7) is 1.75. The Bertz CT molecular complexity index is 774. The summed E-state index contributed by atoms with van der Waals surface area (Å²) >= 11 is 5.62. The summed E-state index contributed by atoms with van der Waals surface area (Å²) in [5.41, 5.74) is -1.46. The van der Waals surface area contributed by atoms with Crippen LogP contribution in [0.3, 0.4) is 0 Å². The van der Waals surface area contributed by atoms with Gasteiger partial charge in [0.05, 0.1) is 23.6 Å². The highest BCUT2D eigenvalue weighted by molar-refractivity contribution is 6.30. The molecule has 0 bridgehead atoms. The van der Waals surface area contributed by atoms with Gasteiger partial charge in [-0.25, -0.2) is 9.97 Å². The number of nitrogens with one attached hydrogen (secondary N) is 1. The molecule has 132 valence electrons. The molecule has 3 rings (SSSR count). The number of benzene rings is 1. The molecule has 0 saturated carbocycles. The Balaban J connectivity index is 1.78. The number of anilines is 2. The number of rotatable bonds is 3. The maximum atomic E-state index is 13.1. The van der Waals surface area contributed by atoms with Crippen LogP contribution in [0.1, 0.15) is 28.9 Å². The van der Waals surface area contributed by atoms with Crippen molar-refractivity contribution in [2.45, 2.75) is 19.0 Å². The molecule has 1 aliphatic rings. The third-order valence-corrected chi connectivity index (χ3v) is 4.07. The van der Waals surface area contributed by atoms with Crippen LogP contribution >= 0.6 is 11.6 Å². The number of alkyl halides is 3. The van der Waals surface area contributed by atoms with Gasteiger partial charge in [0.25, 0.3) is 5.91 Å².